The predicted molar refractivity (Wildman–Crippen MR) is 106 cm³/mol. The lowest BCUT2D eigenvalue weighted by atomic mass is 10.0. The van der Waals surface area contributed by atoms with Gasteiger partial charge >= 0.3 is 0 Å². The van der Waals surface area contributed by atoms with Crippen LogP contribution in [0.15, 0.2) is 42.5 Å². The van der Waals surface area contributed by atoms with Crippen molar-refractivity contribution in [2.45, 2.75) is 25.5 Å². The van der Waals surface area contributed by atoms with E-state index in [4.69, 9.17) is 4.74 Å². The molecule has 1 aliphatic rings. The molecular weight excluding hydrogens is 364 g/mol. The van der Waals surface area contributed by atoms with E-state index in [-0.39, 0.29) is 18.3 Å². The monoisotopic (exact) mass is 388 g/mol. The summed E-state index contributed by atoms with van der Waals surface area (Å²) in [5.74, 6) is -0.221. The van der Waals surface area contributed by atoms with E-state index >= 15 is 0 Å². The van der Waals surface area contributed by atoms with Crippen molar-refractivity contribution in [2.75, 3.05) is 29.9 Å². The zero-order valence-corrected chi connectivity index (χ0v) is 16.4. The Morgan fingerprint density at radius 2 is 2.00 bits per heavy atom. The number of sulfonamides is 1. The van der Waals surface area contributed by atoms with Crippen LogP contribution in [0, 0.1) is 6.92 Å². The first kappa shape index (κ1) is 19.4. The van der Waals surface area contributed by atoms with Gasteiger partial charge in [-0.1, -0.05) is 30.3 Å². The van der Waals surface area contributed by atoms with Crippen LogP contribution in [-0.4, -0.2) is 34.6 Å². The Hall–Kier alpha value is -2.38. The summed E-state index contributed by atoms with van der Waals surface area (Å²) in [4.78, 5) is 14.0. The van der Waals surface area contributed by atoms with E-state index in [2.05, 4.69) is 4.72 Å². The molecule has 0 fully saturated rings. The molecule has 6 nitrogen and oxygen atoms in total. The van der Waals surface area contributed by atoms with Crippen molar-refractivity contribution in [3.05, 3.63) is 59.2 Å². The van der Waals surface area contributed by atoms with Gasteiger partial charge in [-0.3, -0.25) is 9.52 Å². The minimum Gasteiger partial charge on any atom is -0.375 e. The summed E-state index contributed by atoms with van der Waals surface area (Å²) in [6, 6.07) is 12.8. The highest BCUT2D eigenvalue weighted by atomic mass is 32.2. The summed E-state index contributed by atoms with van der Waals surface area (Å²) < 4.78 is 32.8. The smallest absolute Gasteiger partial charge is 0.252 e. The van der Waals surface area contributed by atoms with Crippen molar-refractivity contribution in [1.82, 2.24) is 0 Å². The Balaban J connectivity index is 1.83. The molecule has 0 saturated carbocycles. The van der Waals surface area contributed by atoms with Crippen LogP contribution in [0.1, 0.15) is 23.1 Å². The van der Waals surface area contributed by atoms with E-state index in [1.165, 1.54) is 7.11 Å². The number of benzene rings is 2. The van der Waals surface area contributed by atoms with Crippen LogP contribution < -0.4 is 9.62 Å². The second-order valence-electron chi connectivity index (χ2n) is 6.71. The van der Waals surface area contributed by atoms with Gasteiger partial charge in [0, 0.05) is 19.3 Å². The number of carbonyl (C=O) groups is 1. The zero-order chi connectivity index (χ0) is 19.4. The van der Waals surface area contributed by atoms with Crippen LogP contribution in [0.25, 0.3) is 0 Å². The third-order valence-corrected chi connectivity index (χ3v) is 5.89. The summed E-state index contributed by atoms with van der Waals surface area (Å²) in [6.45, 7) is 2.50. The third-order valence-electron chi connectivity index (χ3n) is 4.65. The number of ether oxygens (including phenoxy) is 1. The molecule has 0 bridgehead atoms. The molecule has 1 heterocycles. The molecule has 3 rings (SSSR count). The Morgan fingerprint density at radius 1 is 1.22 bits per heavy atom. The number of carbonyl (C=O) groups excluding carboxylic acids is 1. The van der Waals surface area contributed by atoms with Crippen LogP contribution in [0.3, 0.4) is 0 Å². The fourth-order valence-corrected chi connectivity index (χ4v) is 4.58. The Bertz CT molecular complexity index is 941. The minimum atomic E-state index is -3.56. The predicted octanol–water partition coefficient (Wildman–Crippen LogP) is 2.86. The van der Waals surface area contributed by atoms with Crippen LogP contribution >= 0.6 is 0 Å². The molecule has 7 heteroatoms. The number of methoxy groups -OCH3 is 1. The van der Waals surface area contributed by atoms with Crippen molar-refractivity contribution in [3.8, 4) is 0 Å². The van der Waals surface area contributed by atoms with Crippen LogP contribution in [0.2, 0.25) is 0 Å². The molecule has 27 heavy (non-hydrogen) atoms. The normalized spacial score (nSPS) is 13.9. The Kier molecular flexibility index (Phi) is 5.82. The van der Waals surface area contributed by atoms with Crippen LogP contribution in [0.4, 0.5) is 11.4 Å². The van der Waals surface area contributed by atoms with Gasteiger partial charge in [0.15, 0.2) is 0 Å². The lowest BCUT2D eigenvalue weighted by Crippen LogP contribution is -2.37. The van der Waals surface area contributed by atoms with Crippen molar-refractivity contribution in [1.29, 1.82) is 0 Å². The zero-order valence-electron chi connectivity index (χ0n) is 15.6. The maximum atomic E-state index is 12.6. The van der Waals surface area contributed by atoms with Crippen LogP contribution in [-0.2, 0) is 31.7 Å². The molecule has 1 amide bonds. The molecule has 0 saturated heterocycles. The number of anilines is 2. The molecule has 1 N–H and O–H groups in total. The maximum absolute atomic E-state index is 12.6. The van der Waals surface area contributed by atoms with Gasteiger partial charge < -0.3 is 9.64 Å². The maximum Gasteiger partial charge on any atom is 0.252 e. The highest BCUT2D eigenvalue weighted by molar-refractivity contribution is 7.91. The average molecular weight is 388 g/mol. The average Bonchev–Trinajstić information content (AvgIpc) is 2.63. The lowest BCUT2D eigenvalue weighted by molar-refractivity contribution is -0.122. The van der Waals surface area contributed by atoms with E-state index in [1.807, 2.05) is 37.3 Å². The number of aryl methyl sites for hydroxylation is 2. The fraction of sp³-hybridized carbons (Fsp3) is 0.350. The van der Waals surface area contributed by atoms with E-state index in [0.29, 0.717) is 12.2 Å². The van der Waals surface area contributed by atoms with Gasteiger partial charge in [-0.05, 0) is 48.6 Å². The second-order valence-corrected chi connectivity index (χ2v) is 8.44. The molecule has 2 aromatic carbocycles. The van der Waals surface area contributed by atoms with E-state index in [0.717, 1.165) is 35.2 Å². The van der Waals surface area contributed by atoms with Gasteiger partial charge in [0.2, 0.25) is 10.0 Å². The van der Waals surface area contributed by atoms with Gasteiger partial charge in [-0.2, -0.15) is 0 Å². The molecule has 1 aliphatic heterocycles. The number of nitrogens with one attached hydrogen (secondary N) is 1. The highest BCUT2D eigenvalue weighted by Crippen LogP contribution is 2.31. The Morgan fingerprint density at radius 3 is 2.74 bits per heavy atom. The molecule has 144 valence electrons. The van der Waals surface area contributed by atoms with Gasteiger partial charge in [0.1, 0.15) is 6.61 Å². The first-order chi connectivity index (χ1) is 12.9. The molecule has 0 radical (unpaired) electrons. The summed E-state index contributed by atoms with van der Waals surface area (Å²) in [5.41, 5.74) is 3.94. The molecule has 0 aromatic heterocycles. The summed E-state index contributed by atoms with van der Waals surface area (Å²) in [5, 5.41) is 0. The molecule has 0 aliphatic carbocycles. The van der Waals surface area contributed by atoms with Gasteiger partial charge in [-0.15, -0.1) is 0 Å². The fourth-order valence-electron chi connectivity index (χ4n) is 3.29. The quantitative estimate of drug-likeness (QED) is 0.826. The van der Waals surface area contributed by atoms with E-state index in [9.17, 15) is 13.2 Å². The number of amides is 1. The molecule has 0 unspecified atom stereocenters. The summed E-state index contributed by atoms with van der Waals surface area (Å²) in [6.07, 6.45) is 1.74. The minimum absolute atomic E-state index is 0.00266. The van der Waals surface area contributed by atoms with Crippen molar-refractivity contribution >= 4 is 27.3 Å². The number of nitrogens with zero attached hydrogens (tertiary/aromatic N) is 1. The second kappa shape index (κ2) is 8.10. The molecule has 0 spiro atoms. The number of rotatable bonds is 6. The molecule has 2 aromatic rings. The van der Waals surface area contributed by atoms with Crippen LogP contribution in [0.5, 0.6) is 0 Å². The number of hydrogen-bond donors (Lipinski definition) is 1. The first-order valence-corrected chi connectivity index (χ1v) is 10.5. The highest BCUT2D eigenvalue weighted by Gasteiger charge is 2.23. The van der Waals surface area contributed by atoms with Gasteiger partial charge in [-0.25, -0.2) is 8.42 Å². The summed E-state index contributed by atoms with van der Waals surface area (Å²) >= 11 is 0. The number of fused-ring (bicyclic) bond motifs is 1. The Labute approximate surface area is 160 Å². The SMILES string of the molecule is COCC(=O)N1CCCc2ccc(NS(=O)(=O)Cc3ccccc3C)cc21. The third kappa shape index (κ3) is 4.67. The largest absolute Gasteiger partial charge is 0.375 e. The number of hydrogen-bond acceptors (Lipinski definition) is 4. The standard InChI is InChI=1S/C20H24N2O4S/c1-15-6-3-4-7-17(15)14-27(24,25)21-18-10-9-16-8-5-11-22(19(16)12-18)20(23)13-26-2/h3-4,6-7,9-10,12,21H,5,8,11,13-14H2,1-2H3. The van der Waals surface area contributed by atoms with Crippen molar-refractivity contribution in [2.24, 2.45) is 0 Å². The van der Waals surface area contributed by atoms with Gasteiger partial charge in [0.05, 0.1) is 11.4 Å². The topological polar surface area (TPSA) is 75.7 Å². The van der Waals surface area contributed by atoms with Crippen molar-refractivity contribution in [3.63, 3.8) is 0 Å². The van der Waals surface area contributed by atoms with E-state index < -0.39 is 10.0 Å². The molecular formula is C20H24N2O4S. The van der Waals surface area contributed by atoms with Gasteiger partial charge in [0.25, 0.3) is 5.91 Å². The first-order valence-electron chi connectivity index (χ1n) is 8.87. The summed E-state index contributed by atoms with van der Waals surface area (Å²) in [7, 11) is -2.08. The lowest BCUT2D eigenvalue weighted by Gasteiger charge is -2.30. The van der Waals surface area contributed by atoms with E-state index in [1.54, 1.807) is 17.0 Å². The molecule has 0 atom stereocenters. The van der Waals surface area contributed by atoms with Crippen molar-refractivity contribution < 1.29 is 17.9 Å².